The van der Waals surface area contributed by atoms with Crippen LogP contribution in [0, 0.1) is 25.7 Å². The molecule has 0 fully saturated rings. The van der Waals surface area contributed by atoms with E-state index < -0.39 is 0 Å². The van der Waals surface area contributed by atoms with E-state index in [9.17, 15) is 0 Å². The number of hydrogen-bond acceptors (Lipinski definition) is 1. The van der Waals surface area contributed by atoms with Gasteiger partial charge < -0.3 is 0 Å². The second kappa shape index (κ2) is 6.67. The van der Waals surface area contributed by atoms with Crippen LogP contribution in [0.15, 0.2) is 18.2 Å². The number of aryl methyl sites for hydroxylation is 2. The summed E-state index contributed by atoms with van der Waals surface area (Å²) in [5.74, 6) is 5.84. The summed E-state index contributed by atoms with van der Waals surface area (Å²) >= 11 is 3.00. The molecule has 1 aromatic rings. The summed E-state index contributed by atoms with van der Waals surface area (Å²) in [5, 5.41) is 0. The fourth-order valence-corrected chi connectivity index (χ4v) is 2.16. The first kappa shape index (κ1) is 13.2. The maximum atomic E-state index is 5.65. The van der Waals surface area contributed by atoms with Crippen LogP contribution in [0.5, 0.6) is 0 Å². The van der Waals surface area contributed by atoms with Crippen molar-refractivity contribution in [3.8, 4) is 11.8 Å². The summed E-state index contributed by atoms with van der Waals surface area (Å²) in [6, 6.07) is 6.24. The third-order valence-corrected chi connectivity index (χ3v) is 2.83. The van der Waals surface area contributed by atoms with E-state index in [1.165, 1.54) is 16.7 Å². The molecule has 0 unspecified atom stereocenters. The fourth-order valence-electron chi connectivity index (χ4n) is 1.53. The van der Waals surface area contributed by atoms with Crippen LogP contribution in [0.2, 0.25) is 0 Å². The first-order valence-corrected chi connectivity index (χ1v) is 5.93. The zero-order valence-corrected chi connectivity index (χ0v) is 11.2. The van der Waals surface area contributed by atoms with Gasteiger partial charge in [0.15, 0.2) is 0 Å². The summed E-state index contributed by atoms with van der Waals surface area (Å²) in [5.41, 5.74) is 3.64. The molecular formula is C14H16CrO. The van der Waals surface area contributed by atoms with Crippen molar-refractivity contribution in [2.45, 2.75) is 27.2 Å². The number of ether oxygens (including phenoxy) is 1. The van der Waals surface area contributed by atoms with Crippen LogP contribution >= 0.6 is 0 Å². The molecule has 1 rings (SSSR count). The Morgan fingerprint density at radius 1 is 1.31 bits per heavy atom. The van der Waals surface area contributed by atoms with Crippen molar-refractivity contribution in [1.29, 1.82) is 0 Å². The van der Waals surface area contributed by atoms with Gasteiger partial charge in [0.1, 0.15) is 0 Å². The standard InChI is InChI=1S/C14H16O.Cr/c1-4-5-6-10-15-11-14-12(2)8-7-9-13(14)3;/h7-9H,6,10H2,1-3H3;. The van der Waals surface area contributed by atoms with Gasteiger partial charge in [0, 0.05) is 0 Å². The van der Waals surface area contributed by atoms with Gasteiger partial charge in [-0.25, -0.2) is 0 Å². The van der Waals surface area contributed by atoms with Crippen LogP contribution < -0.4 is 0 Å². The molecule has 0 spiro atoms. The molecule has 0 aliphatic heterocycles. The average molecular weight is 252 g/mol. The predicted octanol–water partition coefficient (Wildman–Crippen LogP) is 2.76. The summed E-state index contributed by atoms with van der Waals surface area (Å²) < 4.78 is 6.52. The molecule has 0 radical (unpaired) electrons. The van der Waals surface area contributed by atoms with Crippen LogP contribution in [0.4, 0.5) is 0 Å². The van der Waals surface area contributed by atoms with Crippen molar-refractivity contribution in [3.05, 3.63) is 34.9 Å². The summed E-state index contributed by atoms with van der Waals surface area (Å²) in [6.07, 6.45) is 0.770. The van der Waals surface area contributed by atoms with Crippen LogP contribution in [0.3, 0.4) is 0 Å². The summed E-state index contributed by atoms with van der Waals surface area (Å²) in [4.78, 5) is 0. The molecule has 16 heavy (non-hydrogen) atoms. The topological polar surface area (TPSA) is 9.23 Å². The molecule has 0 bridgehead atoms. The Morgan fingerprint density at radius 2 is 1.94 bits per heavy atom. The quantitative estimate of drug-likeness (QED) is 0.591. The van der Waals surface area contributed by atoms with Gasteiger partial charge in [-0.1, -0.05) is 0 Å². The normalized spacial score (nSPS) is 9.44. The van der Waals surface area contributed by atoms with Crippen molar-refractivity contribution in [1.82, 2.24) is 0 Å². The minimum atomic E-state index is 0.636. The van der Waals surface area contributed by atoms with E-state index in [1.807, 2.05) is 6.92 Å². The van der Waals surface area contributed by atoms with E-state index in [2.05, 4.69) is 59.7 Å². The van der Waals surface area contributed by atoms with E-state index in [0.29, 0.717) is 6.61 Å². The molecular weight excluding hydrogens is 236 g/mol. The van der Waals surface area contributed by atoms with Gasteiger partial charge in [-0.2, -0.15) is 0 Å². The van der Waals surface area contributed by atoms with E-state index in [0.717, 1.165) is 11.0 Å². The van der Waals surface area contributed by atoms with Crippen LogP contribution in [-0.4, -0.2) is 11.2 Å². The molecule has 0 aliphatic carbocycles. The SMILES string of the molecule is CC#CCCO[C](=[Cr])c1c(C)cccc1C. The Morgan fingerprint density at radius 3 is 2.50 bits per heavy atom. The van der Waals surface area contributed by atoms with Crippen LogP contribution in [0.1, 0.15) is 30.0 Å². The first-order valence-electron chi connectivity index (χ1n) is 5.29. The van der Waals surface area contributed by atoms with Crippen molar-refractivity contribution in [2.24, 2.45) is 0 Å². The van der Waals surface area contributed by atoms with E-state index in [1.54, 1.807) is 0 Å². The van der Waals surface area contributed by atoms with E-state index in [4.69, 9.17) is 4.74 Å². The Hall–Kier alpha value is -0.858. The molecule has 0 atom stereocenters. The molecule has 2 heteroatoms. The molecule has 1 aromatic carbocycles. The third-order valence-electron chi connectivity index (χ3n) is 2.32. The second-order valence-corrected chi connectivity index (χ2v) is 4.16. The van der Waals surface area contributed by atoms with Gasteiger partial charge in [0.2, 0.25) is 0 Å². The third kappa shape index (κ3) is 3.62. The van der Waals surface area contributed by atoms with Crippen molar-refractivity contribution in [2.75, 3.05) is 6.61 Å². The molecule has 0 amide bonds. The van der Waals surface area contributed by atoms with Crippen molar-refractivity contribution >= 4 is 4.57 Å². The van der Waals surface area contributed by atoms with Crippen molar-refractivity contribution in [3.63, 3.8) is 0 Å². The van der Waals surface area contributed by atoms with Crippen LogP contribution in [0.25, 0.3) is 0 Å². The first-order chi connectivity index (χ1) is 7.66. The molecule has 1 nitrogen and oxygen atoms in total. The Bertz CT molecular complexity index is 418. The number of rotatable bonds is 4. The molecule has 0 heterocycles. The van der Waals surface area contributed by atoms with Gasteiger partial charge in [-0.15, -0.1) is 0 Å². The minimum absolute atomic E-state index is 0.636. The zero-order chi connectivity index (χ0) is 12.0. The molecule has 0 aromatic heterocycles. The molecule has 0 saturated heterocycles. The Labute approximate surface area is 106 Å². The summed E-state index contributed by atoms with van der Waals surface area (Å²) in [6.45, 7) is 6.66. The number of hydrogen-bond donors (Lipinski definition) is 0. The molecule has 84 valence electrons. The van der Waals surface area contributed by atoms with Gasteiger partial charge in [0.05, 0.1) is 0 Å². The monoisotopic (exact) mass is 252 g/mol. The van der Waals surface area contributed by atoms with Gasteiger partial charge in [-0.3, -0.25) is 0 Å². The Balaban J connectivity index is 2.68. The molecule has 0 N–H and O–H groups in total. The zero-order valence-electron chi connectivity index (χ0n) is 9.96. The maximum absolute atomic E-state index is 5.65. The second-order valence-electron chi connectivity index (χ2n) is 3.58. The van der Waals surface area contributed by atoms with E-state index >= 15 is 0 Å². The Kier molecular flexibility index (Phi) is 5.50. The molecule has 0 aliphatic rings. The predicted molar refractivity (Wildman–Crippen MR) is 64.0 cm³/mol. The number of benzene rings is 1. The molecule has 0 saturated carbocycles. The fraction of sp³-hybridized carbons (Fsp3) is 0.357. The summed E-state index contributed by atoms with van der Waals surface area (Å²) in [7, 11) is 0. The van der Waals surface area contributed by atoms with E-state index in [-0.39, 0.29) is 0 Å². The van der Waals surface area contributed by atoms with Gasteiger partial charge in [-0.05, 0) is 0 Å². The van der Waals surface area contributed by atoms with Gasteiger partial charge >= 0.3 is 106 Å². The average Bonchev–Trinajstić information content (AvgIpc) is 2.24. The van der Waals surface area contributed by atoms with Gasteiger partial charge in [0.25, 0.3) is 0 Å². The van der Waals surface area contributed by atoms with Crippen molar-refractivity contribution < 1.29 is 20.6 Å². The van der Waals surface area contributed by atoms with Crippen LogP contribution in [-0.2, 0) is 20.6 Å².